The van der Waals surface area contributed by atoms with Crippen LogP contribution in [0.5, 0.6) is 5.75 Å². The SMILES string of the molecule is NCC1=Cc2cc(O)ccc2CC1. The van der Waals surface area contributed by atoms with Gasteiger partial charge in [0.15, 0.2) is 0 Å². The fourth-order valence-electron chi connectivity index (χ4n) is 1.69. The Kier molecular flexibility index (Phi) is 2.07. The number of nitrogens with two attached hydrogens (primary N) is 1. The highest BCUT2D eigenvalue weighted by Crippen LogP contribution is 2.26. The molecule has 0 bridgehead atoms. The van der Waals surface area contributed by atoms with Crippen molar-refractivity contribution in [2.75, 3.05) is 6.54 Å². The highest BCUT2D eigenvalue weighted by atomic mass is 16.3. The molecule has 3 N–H and O–H groups in total. The summed E-state index contributed by atoms with van der Waals surface area (Å²) in [5, 5.41) is 9.29. The minimum atomic E-state index is 0.327. The molecule has 68 valence electrons. The standard InChI is InChI=1S/C11H13NO/c12-7-8-1-2-9-3-4-11(13)6-10(9)5-8/h3-6,13H,1-2,7,12H2. The second kappa shape index (κ2) is 3.23. The zero-order valence-corrected chi connectivity index (χ0v) is 7.46. The van der Waals surface area contributed by atoms with Crippen molar-refractivity contribution in [3.8, 4) is 5.75 Å². The van der Waals surface area contributed by atoms with E-state index >= 15 is 0 Å². The van der Waals surface area contributed by atoms with Gasteiger partial charge in [-0.05, 0) is 36.1 Å². The molecule has 1 aliphatic carbocycles. The van der Waals surface area contributed by atoms with E-state index in [-0.39, 0.29) is 0 Å². The fraction of sp³-hybridized carbons (Fsp3) is 0.273. The number of fused-ring (bicyclic) bond motifs is 1. The third kappa shape index (κ3) is 1.58. The zero-order valence-electron chi connectivity index (χ0n) is 7.46. The van der Waals surface area contributed by atoms with Gasteiger partial charge >= 0.3 is 0 Å². The number of benzene rings is 1. The van der Waals surface area contributed by atoms with Gasteiger partial charge in [0.25, 0.3) is 0 Å². The molecule has 0 amide bonds. The predicted molar refractivity (Wildman–Crippen MR) is 53.5 cm³/mol. The Morgan fingerprint density at radius 2 is 2.15 bits per heavy atom. The quantitative estimate of drug-likeness (QED) is 0.682. The van der Waals surface area contributed by atoms with Crippen molar-refractivity contribution < 1.29 is 5.11 Å². The highest BCUT2D eigenvalue weighted by Gasteiger charge is 2.09. The van der Waals surface area contributed by atoms with Crippen LogP contribution in [0.1, 0.15) is 17.5 Å². The molecule has 1 aromatic carbocycles. The van der Waals surface area contributed by atoms with Crippen molar-refractivity contribution in [2.45, 2.75) is 12.8 Å². The lowest BCUT2D eigenvalue weighted by Crippen LogP contribution is -2.08. The molecule has 0 fully saturated rings. The molecular formula is C11H13NO. The van der Waals surface area contributed by atoms with Gasteiger partial charge < -0.3 is 10.8 Å². The maximum atomic E-state index is 9.29. The van der Waals surface area contributed by atoms with Crippen LogP contribution in [0.3, 0.4) is 0 Å². The summed E-state index contributed by atoms with van der Waals surface area (Å²) in [6, 6.07) is 5.51. The maximum Gasteiger partial charge on any atom is 0.116 e. The Hall–Kier alpha value is -1.28. The summed E-state index contributed by atoms with van der Waals surface area (Å²) in [6.45, 7) is 0.620. The summed E-state index contributed by atoms with van der Waals surface area (Å²) in [4.78, 5) is 0. The number of phenolic OH excluding ortho intramolecular Hbond substituents is 1. The average Bonchev–Trinajstić information content (AvgIpc) is 2.16. The normalized spacial score (nSPS) is 15.0. The van der Waals surface area contributed by atoms with Crippen molar-refractivity contribution >= 4 is 6.08 Å². The summed E-state index contributed by atoms with van der Waals surface area (Å²) in [5.74, 6) is 0.327. The Bertz CT molecular complexity index is 355. The molecule has 0 aliphatic heterocycles. The van der Waals surface area contributed by atoms with Gasteiger partial charge in [0.2, 0.25) is 0 Å². The molecule has 0 radical (unpaired) electrons. The van der Waals surface area contributed by atoms with Gasteiger partial charge in [-0.15, -0.1) is 0 Å². The molecule has 2 heteroatoms. The summed E-state index contributed by atoms with van der Waals surface area (Å²) in [7, 11) is 0. The van der Waals surface area contributed by atoms with Crippen LogP contribution in [0.25, 0.3) is 6.08 Å². The monoisotopic (exact) mass is 175 g/mol. The summed E-state index contributed by atoms with van der Waals surface area (Å²) in [6.07, 6.45) is 4.17. The first-order valence-corrected chi connectivity index (χ1v) is 4.51. The van der Waals surface area contributed by atoms with E-state index in [4.69, 9.17) is 5.73 Å². The van der Waals surface area contributed by atoms with Gasteiger partial charge in [-0.2, -0.15) is 0 Å². The van der Waals surface area contributed by atoms with E-state index in [0.717, 1.165) is 18.4 Å². The molecule has 0 heterocycles. The molecule has 2 rings (SSSR count). The molecule has 0 unspecified atom stereocenters. The van der Waals surface area contributed by atoms with Gasteiger partial charge in [0.1, 0.15) is 5.75 Å². The molecule has 0 atom stereocenters. The lowest BCUT2D eigenvalue weighted by molar-refractivity contribution is 0.475. The third-order valence-electron chi connectivity index (χ3n) is 2.47. The Morgan fingerprint density at radius 1 is 1.31 bits per heavy atom. The number of phenols is 1. The average molecular weight is 175 g/mol. The first-order chi connectivity index (χ1) is 6.29. The van der Waals surface area contributed by atoms with E-state index in [2.05, 4.69) is 6.08 Å². The number of aryl methyl sites for hydroxylation is 1. The first kappa shape index (κ1) is 8.32. The predicted octanol–water partition coefficient (Wildman–Crippen LogP) is 1.68. The summed E-state index contributed by atoms with van der Waals surface area (Å²) >= 11 is 0. The zero-order chi connectivity index (χ0) is 9.26. The van der Waals surface area contributed by atoms with Crippen molar-refractivity contribution in [3.05, 3.63) is 34.9 Å². The van der Waals surface area contributed by atoms with Crippen molar-refractivity contribution in [1.29, 1.82) is 0 Å². The molecule has 0 spiro atoms. The number of aromatic hydroxyl groups is 1. The van der Waals surface area contributed by atoms with Crippen molar-refractivity contribution in [2.24, 2.45) is 5.73 Å². The van der Waals surface area contributed by atoms with Gasteiger partial charge in [-0.1, -0.05) is 17.7 Å². The molecule has 0 saturated heterocycles. The Balaban J connectivity index is 2.44. The Morgan fingerprint density at radius 3 is 2.92 bits per heavy atom. The smallest absolute Gasteiger partial charge is 0.116 e. The lowest BCUT2D eigenvalue weighted by Gasteiger charge is -2.15. The van der Waals surface area contributed by atoms with Crippen LogP contribution in [0, 0.1) is 0 Å². The van der Waals surface area contributed by atoms with Gasteiger partial charge in [-0.3, -0.25) is 0 Å². The molecule has 2 nitrogen and oxygen atoms in total. The van der Waals surface area contributed by atoms with Gasteiger partial charge in [0, 0.05) is 6.54 Å². The van der Waals surface area contributed by atoms with Crippen LogP contribution in [-0.2, 0) is 6.42 Å². The minimum absolute atomic E-state index is 0.327. The van der Waals surface area contributed by atoms with E-state index in [1.165, 1.54) is 11.1 Å². The third-order valence-corrected chi connectivity index (χ3v) is 2.47. The van der Waals surface area contributed by atoms with E-state index < -0.39 is 0 Å². The van der Waals surface area contributed by atoms with Crippen molar-refractivity contribution in [1.82, 2.24) is 0 Å². The topological polar surface area (TPSA) is 46.2 Å². The second-order valence-corrected chi connectivity index (χ2v) is 3.39. The maximum absolute atomic E-state index is 9.29. The molecule has 13 heavy (non-hydrogen) atoms. The highest BCUT2D eigenvalue weighted by molar-refractivity contribution is 5.61. The van der Waals surface area contributed by atoms with Crippen LogP contribution < -0.4 is 5.73 Å². The van der Waals surface area contributed by atoms with E-state index in [0.29, 0.717) is 12.3 Å². The van der Waals surface area contributed by atoms with E-state index in [1.807, 2.05) is 6.07 Å². The largest absolute Gasteiger partial charge is 0.508 e. The molecule has 0 aromatic heterocycles. The van der Waals surface area contributed by atoms with Gasteiger partial charge in [0.05, 0.1) is 0 Å². The number of hydrogen-bond acceptors (Lipinski definition) is 2. The number of rotatable bonds is 1. The minimum Gasteiger partial charge on any atom is -0.508 e. The van der Waals surface area contributed by atoms with E-state index in [1.54, 1.807) is 12.1 Å². The molecule has 0 saturated carbocycles. The fourth-order valence-corrected chi connectivity index (χ4v) is 1.69. The molecule has 1 aromatic rings. The lowest BCUT2D eigenvalue weighted by atomic mass is 9.92. The first-order valence-electron chi connectivity index (χ1n) is 4.51. The number of hydrogen-bond donors (Lipinski definition) is 2. The van der Waals surface area contributed by atoms with Crippen molar-refractivity contribution in [3.63, 3.8) is 0 Å². The van der Waals surface area contributed by atoms with Crippen LogP contribution in [0.2, 0.25) is 0 Å². The van der Waals surface area contributed by atoms with Gasteiger partial charge in [-0.25, -0.2) is 0 Å². The van der Waals surface area contributed by atoms with Crippen LogP contribution >= 0.6 is 0 Å². The summed E-state index contributed by atoms with van der Waals surface area (Å²) in [5.41, 5.74) is 9.25. The van der Waals surface area contributed by atoms with Crippen LogP contribution in [0.15, 0.2) is 23.8 Å². The molecular weight excluding hydrogens is 162 g/mol. The van der Waals surface area contributed by atoms with Crippen LogP contribution in [-0.4, -0.2) is 11.7 Å². The summed E-state index contributed by atoms with van der Waals surface area (Å²) < 4.78 is 0. The second-order valence-electron chi connectivity index (χ2n) is 3.39. The molecule has 1 aliphatic rings. The Labute approximate surface area is 77.7 Å². The van der Waals surface area contributed by atoms with E-state index in [9.17, 15) is 5.11 Å². The van der Waals surface area contributed by atoms with Crippen LogP contribution in [0.4, 0.5) is 0 Å².